The van der Waals surface area contributed by atoms with Crippen molar-refractivity contribution in [2.45, 2.75) is 30.2 Å². The average molecular weight is 414 g/mol. The molecule has 5 nitrogen and oxygen atoms in total. The molecular formula is C23H31N3O2S. The third-order valence-corrected chi connectivity index (χ3v) is 6.61. The molecule has 1 N–H and O–H groups in total. The molecule has 0 bridgehead atoms. The molecule has 0 aliphatic carbocycles. The third kappa shape index (κ3) is 4.77. The zero-order valence-electron chi connectivity index (χ0n) is 17.1. The SMILES string of the molecule is COCC[C@H]1CN(C(=O)c2cccc3ccccc23)CCN1CC1C[C@@H](S)CN1. The standard InChI is InChI=1S/C23H31N3O2S/c1-28-12-9-19-16-26(11-10-25(19)15-18-13-20(29)14-24-18)23(27)22-8-4-6-17-5-2-3-7-21(17)22/h2-8,18-20,24,29H,9-16H2,1H3/t18?,19-,20+/m0/s1. The number of nitrogens with one attached hydrogen (secondary N) is 1. The largest absolute Gasteiger partial charge is 0.385 e. The van der Waals surface area contributed by atoms with Crippen LogP contribution in [0.4, 0.5) is 0 Å². The summed E-state index contributed by atoms with van der Waals surface area (Å²) in [6.45, 7) is 5.13. The van der Waals surface area contributed by atoms with Crippen LogP contribution in [0.2, 0.25) is 0 Å². The normalized spacial score (nSPS) is 25.6. The Hall–Kier alpha value is -1.60. The van der Waals surface area contributed by atoms with Crippen LogP contribution in [0, 0.1) is 0 Å². The number of hydrogen-bond donors (Lipinski definition) is 2. The fraction of sp³-hybridized carbons (Fsp3) is 0.522. The minimum absolute atomic E-state index is 0.137. The molecule has 2 aliphatic heterocycles. The summed E-state index contributed by atoms with van der Waals surface area (Å²) in [7, 11) is 1.75. The van der Waals surface area contributed by atoms with Crippen molar-refractivity contribution in [3.05, 3.63) is 48.0 Å². The molecule has 3 atom stereocenters. The van der Waals surface area contributed by atoms with E-state index in [1.165, 1.54) is 0 Å². The second kappa shape index (κ2) is 9.47. The Morgan fingerprint density at radius 3 is 2.83 bits per heavy atom. The molecule has 156 valence electrons. The van der Waals surface area contributed by atoms with Gasteiger partial charge in [-0.05, 0) is 29.7 Å². The van der Waals surface area contributed by atoms with Crippen molar-refractivity contribution < 1.29 is 9.53 Å². The topological polar surface area (TPSA) is 44.8 Å². The smallest absolute Gasteiger partial charge is 0.254 e. The van der Waals surface area contributed by atoms with Crippen LogP contribution in [0.15, 0.2) is 42.5 Å². The second-order valence-electron chi connectivity index (χ2n) is 8.20. The van der Waals surface area contributed by atoms with Gasteiger partial charge in [0.05, 0.1) is 0 Å². The molecule has 2 aliphatic rings. The minimum Gasteiger partial charge on any atom is -0.385 e. The van der Waals surface area contributed by atoms with E-state index in [0.29, 0.717) is 23.9 Å². The molecule has 0 saturated carbocycles. The maximum Gasteiger partial charge on any atom is 0.254 e. The summed E-state index contributed by atoms with van der Waals surface area (Å²) in [5, 5.41) is 6.18. The number of fused-ring (bicyclic) bond motifs is 1. The van der Waals surface area contributed by atoms with Crippen molar-refractivity contribution in [3.8, 4) is 0 Å². The first-order chi connectivity index (χ1) is 14.2. The predicted octanol–water partition coefficient (Wildman–Crippen LogP) is 2.66. The van der Waals surface area contributed by atoms with Crippen molar-refractivity contribution in [3.63, 3.8) is 0 Å². The van der Waals surface area contributed by atoms with Gasteiger partial charge in [-0.2, -0.15) is 12.6 Å². The van der Waals surface area contributed by atoms with Crippen molar-refractivity contribution >= 4 is 29.3 Å². The van der Waals surface area contributed by atoms with Crippen LogP contribution in [-0.4, -0.2) is 79.5 Å². The highest BCUT2D eigenvalue weighted by atomic mass is 32.1. The zero-order valence-corrected chi connectivity index (χ0v) is 18.0. The van der Waals surface area contributed by atoms with Crippen LogP contribution in [0.5, 0.6) is 0 Å². The number of ether oxygens (including phenoxy) is 1. The van der Waals surface area contributed by atoms with Crippen LogP contribution in [0.3, 0.4) is 0 Å². The minimum atomic E-state index is 0.137. The van der Waals surface area contributed by atoms with E-state index in [0.717, 1.165) is 61.9 Å². The lowest BCUT2D eigenvalue weighted by molar-refractivity contribution is 0.0370. The molecule has 0 aromatic heterocycles. The highest BCUT2D eigenvalue weighted by Gasteiger charge is 2.33. The molecule has 2 aromatic carbocycles. The summed E-state index contributed by atoms with van der Waals surface area (Å²) < 4.78 is 5.36. The van der Waals surface area contributed by atoms with Gasteiger partial charge in [-0.15, -0.1) is 0 Å². The van der Waals surface area contributed by atoms with Gasteiger partial charge in [0.15, 0.2) is 0 Å². The first-order valence-electron chi connectivity index (χ1n) is 10.6. The lowest BCUT2D eigenvalue weighted by Crippen LogP contribution is -2.57. The Balaban J connectivity index is 1.48. The van der Waals surface area contributed by atoms with Gasteiger partial charge in [0.2, 0.25) is 0 Å². The van der Waals surface area contributed by atoms with E-state index < -0.39 is 0 Å². The molecule has 2 heterocycles. The molecule has 0 spiro atoms. The van der Waals surface area contributed by atoms with E-state index in [1.54, 1.807) is 7.11 Å². The Morgan fingerprint density at radius 2 is 2.03 bits per heavy atom. The molecular weight excluding hydrogens is 382 g/mol. The van der Waals surface area contributed by atoms with Crippen molar-refractivity contribution in [1.29, 1.82) is 0 Å². The van der Waals surface area contributed by atoms with Crippen molar-refractivity contribution in [1.82, 2.24) is 15.1 Å². The fourth-order valence-corrected chi connectivity index (χ4v) is 5.01. The van der Waals surface area contributed by atoms with Crippen molar-refractivity contribution in [2.24, 2.45) is 0 Å². The summed E-state index contributed by atoms with van der Waals surface area (Å²) in [5.74, 6) is 0.137. The number of rotatable bonds is 6. The maximum absolute atomic E-state index is 13.4. The molecule has 1 unspecified atom stereocenters. The number of amides is 1. The highest BCUT2D eigenvalue weighted by molar-refractivity contribution is 7.81. The lowest BCUT2D eigenvalue weighted by atomic mass is 10.0. The van der Waals surface area contributed by atoms with Gasteiger partial charge in [-0.25, -0.2) is 0 Å². The van der Waals surface area contributed by atoms with Gasteiger partial charge in [0.25, 0.3) is 5.91 Å². The number of thiol groups is 1. The summed E-state index contributed by atoms with van der Waals surface area (Å²) in [6.07, 6.45) is 2.04. The van der Waals surface area contributed by atoms with Gasteiger partial charge < -0.3 is 15.0 Å². The quantitative estimate of drug-likeness (QED) is 0.715. The molecule has 29 heavy (non-hydrogen) atoms. The van der Waals surface area contributed by atoms with Gasteiger partial charge in [-0.3, -0.25) is 9.69 Å². The summed E-state index contributed by atoms with van der Waals surface area (Å²) in [4.78, 5) is 17.9. The Labute approximate surface area is 178 Å². The average Bonchev–Trinajstić information content (AvgIpc) is 3.16. The predicted molar refractivity (Wildman–Crippen MR) is 121 cm³/mol. The molecule has 4 rings (SSSR count). The Kier molecular flexibility index (Phi) is 6.75. The highest BCUT2D eigenvalue weighted by Crippen LogP contribution is 2.23. The van der Waals surface area contributed by atoms with Crippen LogP contribution in [0.25, 0.3) is 10.8 Å². The Morgan fingerprint density at radius 1 is 1.21 bits per heavy atom. The number of carbonyl (C=O) groups excluding carboxylic acids is 1. The van der Waals surface area contributed by atoms with Gasteiger partial charge in [0, 0.05) is 69.3 Å². The fourth-order valence-electron chi connectivity index (χ4n) is 4.65. The Bertz CT molecular complexity index is 840. The third-order valence-electron chi connectivity index (χ3n) is 6.22. The number of hydrogen-bond acceptors (Lipinski definition) is 5. The number of piperazine rings is 1. The van der Waals surface area contributed by atoms with E-state index in [1.807, 2.05) is 35.2 Å². The van der Waals surface area contributed by atoms with Crippen LogP contribution in [-0.2, 0) is 4.74 Å². The van der Waals surface area contributed by atoms with E-state index in [2.05, 4.69) is 35.0 Å². The molecule has 2 saturated heterocycles. The van der Waals surface area contributed by atoms with E-state index >= 15 is 0 Å². The number of methoxy groups -OCH3 is 1. The first-order valence-corrected chi connectivity index (χ1v) is 11.1. The molecule has 0 radical (unpaired) electrons. The summed E-state index contributed by atoms with van der Waals surface area (Å²) in [6, 6.07) is 14.9. The number of nitrogens with zero attached hydrogens (tertiary/aromatic N) is 2. The lowest BCUT2D eigenvalue weighted by Gasteiger charge is -2.42. The molecule has 1 amide bonds. The number of carbonyl (C=O) groups is 1. The van der Waals surface area contributed by atoms with Crippen LogP contribution >= 0.6 is 12.6 Å². The van der Waals surface area contributed by atoms with E-state index in [9.17, 15) is 4.79 Å². The van der Waals surface area contributed by atoms with Gasteiger partial charge in [-0.1, -0.05) is 36.4 Å². The maximum atomic E-state index is 13.4. The molecule has 6 heteroatoms. The van der Waals surface area contributed by atoms with Gasteiger partial charge in [0.1, 0.15) is 0 Å². The van der Waals surface area contributed by atoms with E-state index in [-0.39, 0.29) is 5.91 Å². The van der Waals surface area contributed by atoms with Crippen LogP contribution < -0.4 is 5.32 Å². The zero-order chi connectivity index (χ0) is 20.2. The second-order valence-corrected chi connectivity index (χ2v) is 8.93. The monoisotopic (exact) mass is 413 g/mol. The molecule has 2 aromatic rings. The van der Waals surface area contributed by atoms with Crippen molar-refractivity contribution in [2.75, 3.05) is 46.4 Å². The van der Waals surface area contributed by atoms with Gasteiger partial charge >= 0.3 is 0 Å². The summed E-state index contributed by atoms with van der Waals surface area (Å²) in [5.41, 5.74) is 0.803. The first kappa shape index (κ1) is 20.7. The molecule has 2 fully saturated rings. The summed E-state index contributed by atoms with van der Waals surface area (Å²) >= 11 is 4.61. The number of benzene rings is 2. The van der Waals surface area contributed by atoms with E-state index in [4.69, 9.17) is 4.74 Å². The van der Waals surface area contributed by atoms with Crippen LogP contribution in [0.1, 0.15) is 23.2 Å².